The summed E-state index contributed by atoms with van der Waals surface area (Å²) in [6.07, 6.45) is 0. The molecule has 0 bridgehead atoms. The van der Waals surface area contributed by atoms with E-state index in [9.17, 15) is 0 Å². The van der Waals surface area contributed by atoms with E-state index in [1.54, 1.807) is 6.07 Å². The van der Waals surface area contributed by atoms with E-state index in [1.165, 1.54) is 12.1 Å². The molecule has 0 unspecified atom stereocenters. The predicted molar refractivity (Wildman–Crippen MR) is 34.5 cm³/mol. The fraction of sp³-hybridized carbons (Fsp3) is 0.143. The first kappa shape index (κ1) is 9.34. The van der Waals surface area contributed by atoms with Crippen LogP contribution in [0.4, 0.5) is 0 Å². The minimum atomic E-state index is -0.0689. The molecule has 1 aromatic rings. The maximum Gasteiger partial charge on any atom is 3.00 e. The van der Waals surface area contributed by atoms with E-state index in [4.69, 9.17) is 10.2 Å². The number of phenols is 2. The molecule has 0 heterocycles. The van der Waals surface area contributed by atoms with Gasteiger partial charge in [-0.25, -0.2) is 0 Å². The van der Waals surface area contributed by atoms with Gasteiger partial charge in [-0.2, -0.15) is 0 Å². The average Bonchev–Trinajstić information content (AvgIpc) is 1.80. The van der Waals surface area contributed by atoms with Crippen LogP contribution in [0.2, 0.25) is 0 Å². The molecule has 0 aliphatic carbocycles. The summed E-state index contributed by atoms with van der Waals surface area (Å²) in [6, 6.07) is 4.70. The smallest absolute Gasteiger partial charge is 0.504 e. The maximum absolute atomic E-state index is 8.85. The summed E-state index contributed by atoms with van der Waals surface area (Å²) in [4.78, 5) is 0. The molecule has 0 spiro atoms. The van der Waals surface area contributed by atoms with Gasteiger partial charge in [-0.1, -0.05) is 6.07 Å². The fourth-order valence-corrected chi connectivity index (χ4v) is 0.633. The summed E-state index contributed by atoms with van der Waals surface area (Å²) < 4.78 is 0. The van der Waals surface area contributed by atoms with Gasteiger partial charge in [0, 0.05) is 0 Å². The Morgan fingerprint density at radius 2 is 1.70 bits per heavy atom. The van der Waals surface area contributed by atoms with E-state index in [1.807, 2.05) is 6.92 Å². The molecule has 0 aliphatic rings. The van der Waals surface area contributed by atoms with Gasteiger partial charge >= 0.3 is 17.1 Å². The quantitative estimate of drug-likeness (QED) is 0.468. The van der Waals surface area contributed by atoms with Crippen LogP contribution in [0.15, 0.2) is 18.2 Å². The summed E-state index contributed by atoms with van der Waals surface area (Å²) in [6.45, 7) is 1.85. The van der Waals surface area contributed by atoms with Crippen LogP contribution in [0.1, 0.15) is 5.56 Å². The Morgan fingerprint density at radius 3 is 2.10 bits per heavy atom. The normalized spacial score (nSPS) is 8.50. The zero-order valence-electron chi connectivity index (χ0n) is 5.48. The molecule has 0 saturated heterocycles. The molecule has 10 heavy (non-hydrogen) atoms. The summed E-state index contributed by atoms with van der Waals surface area (Å²) in [7, 11) is 0. The Labute approximate surface area is 70.0 Å². The molecule has 2 N–H and O–H groups in total. The van der Waals surface area contributed by atoms with Gasteiger partial charge in [-0.3, -0.25) is 0 Å². The van der Waals surface area contributed by atoms with E-state index in [0.29, 0.717) is 0 Å². The van der Waals surface area contributed by atoms with Gasteiger partial charge in [-0.15, -0.1) is 0 Å². The number of hydrogen-bond donors (Lipinski definition) is 2. The zero-order chi connectivity index (χ0) is 6.85. The van der Waals surface area contributed by atoms with E-state index in [2.05, 4.69) is 0 Å². The van der Waals surface area contributed by atoms with Crippen molar-refractivity contribution in [2.24, 2.45) is 0 Å². The van der Waals surface area contributed by atoms with E-state index >= 15 is 0 Å². The Balaban J connectivity index is 0.000000810. The van der Waals surface area contributed by atoms with Crippen molar-refractivity contribution in [3.8, 4) is 11.5 Å². The second-order valence-electron chi connectivity index (χ2n) is 1.99. The van der Waals surface area contributed by atoms with Crippen LogP contribution < -0.4 is 0 Å². The molecule has 0 aromatic heterocycles. The van der Waals surface area contributed by atoms with Crippen LogP contribution in [-0.4, -0.2) is 10.2 Å². The zero-order valence-corrected chi connectivity index (χ0v) is 6.58. The monoisotopic (exact) mass is 180 g/mol. The molecule has 1 rings (SSSR count). The SMILES string of the molecule is Cc1ccc(O)c(O)c1.[Fe+3]. The molecule has 1 aromatic carbocycles. The predicted octanol–water partition coefficient (Wildman–Crippen LogP) is 1.40. The van der Waals surface area contributed by atoms with Gasteiger partial charge in [0.25, 0.3) is 0 Å². The first-order valence-electron chi connectivity index (χ1n) is 2.69. The van der Waals surface area contributed by atoms with E-state index in [0.717, 1.165) is 5.56 Å². The van der Waals surface area contributed by atoms with Crippen LogP contribution in [0.3, 0.4) is 0 Å². The standard InChI is InChI=1S/C7H8O2.Fe/c1-5-2-3-6(8)7(9)4-5;/h2-4,8-9H,1H3;/q;+3. The third-order valence-electron chi connectivity index (χ3n) is 1.13. The largest absolute Gasteiger partial charge is 3.00 e. The van der Waals surface area contributed by atoms with E-state index in [-0.39, 0.29) is 28.6 Å². The second kappa shape index (κ2) is 3.49. The molecule has 1 radical (unpaired) electrons. The van der Waals surface area contributed by atoms with Crippen LogP contribution in [0, 0.1) is 6.92 Å². The van der Waals surface area contributed by atoms with Gasteiger partial charge in [0.1, 0.15) is 0 Å². The third-order valence-corrected chi connectivity index (χ3v) is 1.13. The molecule has 0 aliphatic heterocycles. The first-order chi connectivity index (χ1) is 4.20. The van der Waals surface area contributed by atoms with Gasteiger partial charge in [0.2, 0.25) is 0 Å². The summed E-state index contributed by atoms with van der Waals surface area (Å²) >= 11 is 0. The Morgan fingerprint density at radius 1 is 1.10 bits per heavy atom. The Kier molecular flexibility index (Phi) is 3.26. The van der Waals surface area contributed by atoms with Crippen molar-refractivity contribution in [3.05, 3.63) is 23.8 Å². The van der Waals surface area contributed by atoms with Crippen molar-refractivity contribution in [1.82, 2.24) is 0 Å². The third kappa shape index (κ3) is 1.94. The van der Waals surface area contributed by atoms with Crippen LogP contribution >= 0.6 is 0 Å². The van der Waals surface area contributed by atoms with Crippen molar-refractivity contribution < 1.29 is 27.3 Å². The van der Waals surface area contributed by atoms with E-state index < -0.39 is 0 Å². The molecular weight excluding hydrogens is 172 g/mol. The number of phenolic OH excluding ortho intramolecular Hbond substituents is 2. The Bertz CT molecular complexity index is 223. The van der Waals surface area contributed by atoms with Crippen molar-refractivity contribution >= 4 is 0 Å². The minimum absolute atomic E-state index is 0. The number of aromatic hydroxyl groups is 2. The second-order valence-corrected chi connectivity index (χ2v) is 1.99. The fourth-order valence-electron chi connectivity index (χ4n) is 0.633. The van der Waals surface area contributed by atoms with Crippen LogP contribution in [0.25, 0.3) is 0 Å². The van der Waals surface area contributed by atoms with Gasteiger partial charge < -0.3 is 10.2 Å². The molecule has 3 heteroatoms. The molecule has 53 valence electrons. The topological polar surface area (TPSA) is 40.5 Å². The van der Waals surface area contributed by atoms with Gasteiger partial charge in [0.15, 0.2) is 11.5 Å². The summed E-state index contributed by atoms with van der Waals surface area (Å²) in [5, 5.41) is 17.6. The Hall–Kier alpha value is -0.661. The molecule has 0 fully saturated rings. The van der Waals surface area contributed by atoms with Crippen molar-refractivity contribution in [2.45, 2.75) is 6.92 Å². The van der Waals surface area contributed by atoms with Crippen LogP contribution in [0.5, 0.6) is 11.5 Å². The number of rotatable bonds is 0. The summed E-state index contributed by atoms with van der Waals surface area (Å²) in [5.41, 5.74) is 0.935. The molecule has 0 saturated carbocycles. The maximum atomic E-state index is 8.85. The molecular formula is C7H8FeO2+3. The van der Waals surface area contributed by atoms with Crippen molar-refractivity contribution in [1.29, 1.82) is 0 Å². The number of hydrogen-bond acceptors (Lipinski definition) is 2. The number of benzene rings is 1. The summed E-state index contributed by atoms with van der Waals surface area (Å²) in [5.74, 6) is -0.129. The molecule has 0 atom stereocenters. The van der Waals surface area contributed by atoms with Crippen LogP contribution in [-0.2, 0) is 17.1 Å². The molecule has 0 amide bonds. The first-order valence-corrected chi connectivity index (χ1v) is 2.69. The number of aryl methyl sites for hydroxylation is 1. The van der Waals surface area contributed by atoms with Gasteiger partial charge in [0.05, 0.1) is 0 Å². The van der Waals surface area contributed by atoms with Crippen molar-refractivity contribution in [2.75, 3.05) is 0 Å². The minimum Gasteiger partial charge on any atom is -0.504 e. The molecule has 2 nitrogen and oxygen atoms in total. The van der Waals surface area contributed by atoms with Gasteiger partial charge in [-0.05, 0) is 24.6 Å². The average molecular weight is 180 g/mol. The van der Waals surface area contributed by atoms with Crippen molar-refractivity contribution in [3.63, 3.8) is 0 Å².